The lowest BCUT2D eigenvalue weighted by Gasteiger charge is -2.11. The van der Waals surface area contributed by atoms with Gasteiger partial charge in [0, 0.05) is 20.0 Å². The third-order valence-corrected chi connectivity index (χ3v) is 7.44. The van der Waals surface area contributed by atoms with Gasteiger partial charge in [0.05, 0.1) is 13.1 Å². The zero-order valence-corrected chi connectivity index (χ0v) is 26.3. The van der Waals surface area contributed by atoms with Crippen LogP contribution in [0.3, 0.4) is 0 Å². The Morgan fingerprint density at radius 3 is 1.62 bits per heavy atom. The molecule has 6 rings (SSSR count). The highest BCUT2D eigenvalue weighted by Crippen LogP contribution is 2.17. The van der Waals surface area contributed by atoms with Crippen molar-refractivity contribution in [3.8, 4) is 0 Å². The van der Waals surface area contributed by atoms with Crippen molar-refractivity contribution in [2.24, 2.45) is 0 Å². The van der Waals surface area contributed by atoms with Gasteiger partial charge in [0.25, 0.3) is 11.1 Å². The predicted molar refractivity (Wildman–Crippen MR) is 180 cm³/mol. The largest absolute Gasteiger partial charge is 0.383 e. The molecule has 4 heterocycles. The summed E-state index contributed by atoms with van der Waals surface area (Å²) in [6, 6.07) is 19.0. The van der Waals surface area contributed by atoms with Crippen LogP contribution >= 0.6 is 0 Å². The van der Waals surface area contributed by atoms with Crippen molar-refractivity contribution in [2.75, 3.05) is 11.1 Å². The Bertz CT molecular complexity index is 2280. The van der Waals surface area contributed by atoms with Crippen LogP contribution in [0.5, 0.6) is 0 Å². The summed E-state index contributed by atoms with van der Waals surface area (Å²) in [5.74, 6) is 0.0682. The molecule has 244 valence electrons. The summed E-state index contributed by atoms with van der Waals surface area (Å²) in [6.07, 6.45) is 1.32. The summed E-state index contributed by atoms with van der Waals surface area (Å²) >= 11 is 0. The second kappa shape index (κ2) is 14.0. The fourth-order valence-electron chi connectivity index (χ4n) is 5.32. The summed E-state index contributed by atoms with van der Waals surface area (Å²) in [7, 11) is 0. The van der Waals surface area contributed by atoms with E-state index >= 15 is 0 Å². The number of H-pyrrole nitrogens is 2. The lowest BCUT2D eigenvalue weighted by Crippen LogP contribution is -2.40. The van der Waals surface area contributed by atoms with E-state index in [2.05, 4.69) is 25.7 Å². The van der Waals surface area contributed by atoms with E-state index in [1.807, 2.05) is 74.5 Å². The maximum atomic E-state index is 12.8. The van der Waals surface area contributed by atoms with Crippen LogP contribution in [0, 0.1) is 0 Å². The number of benzene rings is 2. The standard InChI is InChI=1S/C17H19N5O3.C15H17N5O2/c1-3-9-21-16(24)13-14(18-11(2)23)19-20-15(13)22(17(21)25)10-12-7-5-4-6-8-12;1-2-8-19-14(21)11-12(16)17-18-13(11)20(15(19)22)9-10-6-4-3-5-7-10/h4-8H,3,9-10H2,1-2H3,(H2,18,19,20,23);3-7H,2,8-9H2,1H3,(H3,16,17,18). The van der Waals surface area contributed by atoms with E-state index in [1.54, 1.807) is 0 Å². The average Bonchev–Trinajstić information content (AvgIpc) is 3.66. The molecule has 5 N–H and O–H groups in total. The molecular formula is C32H36N10O5. The van der Waals surface area contributed by atoms with Crippen LogP contribution in [0.25, 0.3) is 22.1 Å². The van der Waals surface area contributed by atoms with Crippen LogP contribution < -0.4 is 33.5 Å². The van der Waals surface area contributed by atoms with Crippen molar-refractivity contribution in [2.45, 2.75) is 59.8 Å². The van der Waals surface area contributed by atoms with Gasteiger partial charge in [-0.25, -0.2) is 9.59 Å². The number of nitrogens with zero attached hydrogens (tertiary/aromatic N) is 6. The van der Waals surface area contributed by atoms with Crippen molar-refractivity contribution in [3.63, 3.8) is 0 Å². The molecule has 0 saturated heterocycles. The van der Waals surface area contributed by atoms with Crippen molar-refractivity contribution in [1.82, 2.24) is 38.7 Å². The maximum Gasteiger partial charge on any atom is 0.333 e. The minimum Gasteiger partial charge on any atom is -0.383 e. The van der Waals surface area contributed by atoms with E-state index in [1.165, 1.54) is 25.2 Å². The molecule has 0 saturated carbocycles. The molecule has 0 fully saturated rings. The van der Waals surface area contributed by atoms with Crippen LogP contribution in [-0.2, 0) is 31.0 Å². The first-order valence-electron chi connectivity index (χ1n) is 15.2. The highest BCUT2D eigenvalue weighted by molar-refractivity contribution is 5.97. The van der Waals surface area contributed by atoms with Crippen LogP contribution in [0.1, 0.15) is 44.7 Å². The van der Waals surface area contributed by atoms with E-state index in [-0.39, 0.29) is 46.2 Å². The van der Waals surface area contributed by atoms with Crippen LogP contribution in [0.2, 0.25) is 0 Å². The Kier molecular flexibility index (Phi) is 9.63. The molecule has 2 aromatic carbocycles. The van der Waals surface area contributed by atoms with E-state index < -0.39 is 16.8 Å². The molecule has 0 atom stereocenters. The number of nitrogens with one attached hydrogen (secondary N) is 3. The van der Waals surface area contributed by atoms with Crippen molar-refractivity contribution in [3.05, 3.63) is 113 Å². The molecule has 47 heavy (non-hydrogen) atoms. The molecule has 0 spiro atoms. The summed E-state index contributed by atoms with van der Waals surface area (Å²) in [5.41, 5.74) is 6.58. The van der Waals surface area contributed by atoms with Gasteiger partial charge in [-0.1, -0.05) is 74.5 Å². The molecule has 0 unspecified atom stereocenters. The van der Waals surface area contributed by atoms with Gasteiger partial charge < -0.3 is 11.1 Å². The summed E-state index contributed by atoms with van der Waals surface area (Å²) in [5, 5.41) is 16.4. The van der Waals surface area contributed by atoms with Gasteiger partial charge in [-0.3, -0.25) is 42.8 Å². The molecule has 0 radical (unpaired) electrons. The number of amides is 1. The lowest BCUT2D eigenvalue weighted by molar-refractivity contribution is -0.114. The van der Waals surface area contributed by atoms with Crippen molar-refractivity contribution >= 4 is 39.6 Å². The molecular weight excluding hydrogens is 604 g/mol. The molecule has 4 aromatic heterocycles. The fourth-order valence-corrected chi connectivity index (χ4v) is 5.32. The summed E-state index contributed by atoms with van der Waals surface area (Å²) in [4.78, 5) is 62.0. The van der Waals surface area contributed by atoms with E-state index in [4.69, 9.17) is 5.73 Å². The molecule has 6 aromatic rings. The number of carbonyl (C=O) groups excluding carboxylic acids is 1. The number of fused-ring (bicyclic) bond motifs is 2. The van der Waals surface area contributed by atoms with Crippen LogP contribution in [0.4, 0.5) is 11.6 Å². The number of carbonyl (C=O) groups is 1. The zero-order valence-electron chi connectivity index (χ0n) is 26.3. The zero-order chi connectivity index (χ0) is 33.7. The molecule has 15 nitrogen and oxygen atoms in total. The minimum atomic E-state index is -0.455. The topological polar surface area (TPSA) is 200 Å². The Hall–Kier alpha value is -5.99. The second-order valence-electron chi connectivity index (χ2n) is 10.9. The maximum absolute atomic E-state index is 12.8. The van der Waals surface area contributed by atoms with Crippen molar-refractivity contribution < 1.29 is 4.79 Å². The number of aromatic nitrogens is 8. The first-order valence-corrected chi connectivity index (χ1v) is 15.2. The van der Waals surface area contributed by atoms with Gasteiger partial charge in [-0.2, -0.15) is 10.2 Å². The smallest absolute Gasteiger partial charge is 0.333 e. The fraction of sp³-hybridized carbons (Fsp3) is 0.281. The molecule has 1 amide bonds. The van der Waals surface area contributed by atoms with Crippen LogP contribution in [-0.4, -0.2) is 44.6 Å². The average molecular weight is 641 g/mol. The van der Waals surface area contributed by atoms with Gasteiger partial charge in [-0.05, 0) is 24.0 Å². The van der Waals surface area contributed by atoms with Gasteiger partial charge in [0.2, 0.25) is 5.91 Å². The SMILES string of the molecule is CCCn1c(=O)c2c(N)[nH]nc2n(Cc2ccccc2)c1=O.CCCn1c(=O)c2c(NC(C)=O)[nH]nc2n(Cc2ccccc2)c1=O. The quantitative estimate of drug-likeness (QED) is 0.184. The molecule has 0 bridgehead atoms. The van der Waals surface area contributed by atoms with Gasteiger partial charge >= 0.3 is 11.4 Å². The Morgan fingerprint density at radius 2 is 1.15 bits per heavy atom. The number of nitrogen functional groups attached to an aromatic ring is 1. The number of hydrogen-bond donors (Lipinski definition) is 4. The summed E-state index contributed by atoms with van der Waals surface area (Å²) < 4.78 is 5.33. The minimum absolute atomic E-state index is 0.187. The molecule has 0 aliphatic rings. The molecule has 0 aliphatic heterocycles. The first-order chi connectivity index (χ1) is 22.7. The van der Waals surface area contributed by atoms with Gasteiger partial charge in [0.15, 0.2) is 11.3 Å². The number of anilines is 2. The Balaban J connectivity index is 0.000000186. The molecule has 15 heteroatoms. The first kappa shape index (κ1) is 32.4. The number of aromatic amines is 2. The van der Waals surface area contributed by atoms with Gasteiger partial charge in [-0.15, -0.1) is 0 Å². The third kappa shape index (κ3) is 6.54. The Morgan fingerprint density at radius 1 is 0.702 bits per heavy atom. The molecule has 0 aliphatic carbocycles. The monoisotopic (exact) mass is 640 g/mol. The van der Waals surface area contributed by atoms with E-state index in [0.29, 0.717) is 38.1 Å². The Labute approximate surface area is 267 Å². The number of hydrogen-bond acceptors (Lipinski definition) is 8. The van der Waals surface area contributed by atoms with Crippen molar-refractivity contribution in [1.29, 1.82) is 0 Å². The third-order valence-electron chi connectivity index (χ3n) is 7.44. The van der Waals surface area contributed by atoms with Crippen LogP contribution in [0.15, 0.2) is 79.8 Å². The summed E-state index contributed by atoms with van der Waals surface area (Å²) in [6.45, 7) is 6.42. The van der Waals surface area contributed by atoms with E-state index in [0.717, 1.165) is 11.1 Å². The lowest BCUT2D eigenvalue weighted by atomic mass is 10.2. The highest BCUT2D eigenvalue weighted by atomic mass is 16.2. The second-order valence-corrected chi connectivity index (χ2v) is 10.9. The van der Waals surface area contributed by atoms with E-state index in [9.17, 15) is 24.0 Å². The van der Waals surface area contributed by atoms with Gasteiger partial charge in [0.1, 0.15) is 22.4 Å². The normalized spacial score (nSPS) is 11.0. The predicted octanol–water partition coefficient (Wildman–Crippen LogP) is 2.23. The number of rotatable bonds is 9. The number of nitrogens with two attached hydrogens (primary N) is 1. The highest BCUT2D eigenvalue weighted by Gasteiger charge is 2.20.